The van der Waals surface area contributed by atoms with Gasteiger partial charge in [-0.2, -0.15) is 0 Å². The number of hydrogen-bond donors (Lipinski definition) is 2. The molecule has 1 unspecified atom stereocenters. The van der Waals surface area contributed by atoms with Gasteiger partial charge in [-0.3, -0.25) is 9.59 Å². The first-order chi connectivity index (χ1) is 10.6. The van der Waals surface area contributed by atoms with Gasteiger partial charge in [0, 0.05) is 31.8 Å². The van der Waals surface area contributed by atoms with Gasteiger partial charge in [0.05, 0.1) is 0 Å². The Balaban J connectivity index is 1.91. The predicted molar refractivity (Wildman–Crippen MR) is 87.5 cm³/mol. The summed E-state index contributed by atoms with van der Waals surface area (Å²) in [5, 5.41) is 5.74. The van der Waals surface area contributed by atoms with Crippen molar-refractivity contribution in [3.63, 3.8) is 0 Å². The van der Waals surface area contributed by atoms with E-state index in [0.29, 0.717) is 11.5 Å². The fraction of sp³-hybridized carbons (Fsp3) is 0.412. The molecule has 5 heteroatoms. The van der Waals surface area contributed by atoms with Gasteiger partial charge in [-0.15, -0.1) is 0 Å². The fourth-order valence-electron chi connectivity index (χ4n) is 2.65. The van der Waals surface area contributed by atoms with E-state index in [4.69, 9.17) is 0 Å². The number of benzene rings is 1. The Kier molecular flexibility index (Phi) is 5.72. The third kappa shape index (κ3) is 4.18. The first kappa shape index (κ1) is 16.2. The van der Waals surface area contributed by atoms with Crippen molar-refractivity contribution in [3.8, 4) is 0 Å². The van der Waals surface area contributed by atoms with E-state index >= 15 is 0 Å². The Bertz CT molecular complexity index is 552. The molecule has 0 saturated carbocycles. The lowest BCUT2D eigenvalue weighted by atomic mass is 10.1. The molecule has 22 heavy (non-hydrogen) atoms. The van der Waals surface area contributed by atoms with Gasteiger partial charge in [-0.05, 0) is 49.7 Å². The Labute approximate surface area is 131 Å². The highest BCUT2D eigenvalue weighted by atomic mass is 16.2. The Morgan fingerprint density at radius 2 is 2.00 bits per heavy atom. The molecule has 2 amide bonds. The second kappa shape index (κ2) is 7.75. The van der Waals surface area contributed by atoms with Crippen molar-refractivity contribution >= 4 is 17.9 Å². The van der Waals surface area contributed by atoms with Gasteiger partial charge in [0.15, 0.2) is 0 Å². The van der Waals surface area contributed by atoms with Crippen LogP contribution >= 0.6 is 0 Å². The lowest BCUT2D eigenvalue weighted by molar-refractivity contribution is -0.125. The molecule has 0 aliphatic carbocycles. The van der Waals surface area contributed by atoms with Crippen LogP contribution in [0.15, 0.2) is 30.3 Å². The van der Waals surface area contributed by atoms with E-state index in [2.05, 4.69) is 10.6 Å². The van der Waals surface area contributed by atoms with Crippen LogP contribution in [0.5, 0.6) is 0 Å². The molecule has 1 heterocycles. The maximum atomic E-state index is 12.1. The normalized spacial score (nSPS) is 17.9. The van der Waals surface area contributed by atoms with Crippen molar-refractivity contribution in [2.24, 2.45) is 5.92 Å². The zero-order valence-corrected chi connectivity index (χ0v) is 13.1. The second-order valence-electron chi connectivity index (χ2n) is 5.53. The van der Waals surface area contributed by atoms with Crippen molar-refractivity contribution in [1.29, 1.82) is 0 Å². The summed E-state index contributed by atoms with van der Waals surface area (Å²) in [6.07, 6.45) is 4.46. The highest BCUT2D eigenvalue weighted by molar-refractivity contribution is 5.94. The van der Waals surface area contributed by atoms with Crippen molar-refractivity contribution < 1.29 is 9.59 Å². The molecule has 1 aliphatic rings. The Morgan fingerprint density at radius 1 is 1.27 bits per heavy atom. The van der Waals surface area contributed by atoms with Crippen LogP contribution in [0.25, 0.3) is 6.08 Å². The summed E-state index contributed by atoms with van der Waals surface area (Å²) in [6, 6.07) is 7.17. The number of nitrogens with one attached hydrogen (secondary N) is 2. The summed E-state index contributed by atoms with van der Waals surface area (Å²) in [5.74, 6) is 0.488. The largest absolute Gasteiger partial charge is 0.355 e. The topological polar surface area (TPSA) is 61.4 Å². The molecule has 0 aromatic heterocycles. The van der Waals surface area contributed by atoms with Crippen molar-refractivity contribution in [2.45, 2.75) is 6.42 Å². The van der Waals surface area contributed by atoms with Crippen molar-refractivity contribution in [1.82, 2.24) is 15.5 Å². The number of likely N-dealkylation sites (tertiary alicyclic amines) is 1. The molecule has 2 N–H and O–H groups in total. The lowest BCUT2D eigenvalue weighted by Crippen LogP contribution is -2.28. The Morgan fingerprint density at radius 3 is 2.64 bits per heavy atom. The summed E-state index contributed by atoms with van der Waals surface area (Å²) in [4.78, 5) is 25.5. The van der Waals surface area contributed by atoms with Crippen LogP contribution in [0.2, 0.25) is 0 Å². The molecule has 1 aromatic rings. The van der Waals surface area contributed by atoms with Crippen LogP contribution in [-0.2, 0) is 4.79 Å². The van der Waals surface area contributed by atoms with Gasteiger partial charge >= 0.3 is 0 Å². The average molecular weight is 301 g/mol. The van der Waals surface area contributed by atoms with E-state index in [1.807, 2.05) is 24.1 Å². The molecule has 5 nitrogen and oxygen atoms in total. The number of amides is 2. The van der Waals surface area contributed by atoms with E-state index in [1.54, 1.807) is 31.3 Å². The van der Waals surface area contributed by atoms with E-state index < -0.39 is 0 Å². The molecule has 1 fully saturated rings. The molecular formula is C17H23N3O2. The zero-order valence-electron chi connectivity index (χ0n) is 13.1. The highest BCUT2D eigenvalue weighted by Gasteiger charge is 2.24. The van der Waals surface area contributed by atoms with Gasteiger partial charge in [0.2, 0.25) is 5.91 Å². The summed E-state index contributed by atoms with van der Waals surface area (Å²) in [7, 11) is 3.54. The maximum Gasteiger partial charge on any atom is 0.251 e. The van der Waals surface area contributed by atoms with E-state index in [-0.39, 0.29) is 11.8 Å². The minimum Gasteiger partial charge on any atom is -0.355 e. The van der Waals surface area contributed by atoms with E-state index in [0.717, 1.165) is 31.6 Å². The van der Waals surface area contributed by atoms with Crippen LogP contribution in [0, 0.1) is 5.92 Å². The second-order valence-corrected chi connectivity index (χ2v) is 5.53. The molecular weight excluding hydrogens is 278 g/mol. The van der Waals surface area contributed by atoms with Crippen molar-refractivity contribution in [3.05, 3.63) is 41.5 Å². The van der Waals surface area contributed by atoms with Gasteiger partial charge in [-0.1, -0.05) is 12.1 Å². The van der Waals surface area contributed by atoms with Crippen LogP contribution in [0.4, 0.5) is 0 Å². The first-order valence-electron chi connectivity index (χ1n) is 7.57. The molecule has 0 bridgehead atoms. The summed E-state index contributed by atoms with van der Waals surface area (Å²) < 4.78 is 0. The van der Waals surface area contributed by atoms with Gasteiger partial charge in [0.1, 0.15) is 0 Å². The van der Waals surface area contributed by atoms with Crippen molar-refractivity contribution in [2.75, 3.05) is 33.7 Å². The van der Waals surface area contributed by atoms with E-state index in [1.165, 1.54) is 0 Å². The third-order valence-corrected chi connectivity index (χ3v) is 3.91. The average Bonchev–Trinajstić information content (AvgIpc) is 3.01. The monoisotopic (exact) mass is 301 g/mol. The number of carbonyl (C=O) groups excluding carboxylic acids is 2. The number of hydrogen-bond acceptors (Lipinski definition) is 3. The molecule has 0 spiro atoms. The maximum absolute atomic E-state index is 12.1. The van der Waals surface area contributed by atoms with Crippen LogP contribution < -0.4 is 10.6 Å². The standard InChI is InChI=1S/C17H23N3O2/c1-18-11-14-9-10-20(12-14)16(21)8-5-13-3-6-15(7-4-13)17(22)19-2/h3-8,14,18H,9-12H2,1-2H3,(H,19,22). The number of carbonyl (C=O) groups is 2. The number of rotatable bonds is 5. The molecule has 1 atom stereocenters. The summed E-state index contributed by atoms with van der Waals surface area (Å²) >= 11 is 0. The molecule has 0 radical (unpaired) electrons. The predicted octanol–water partition coefficient (Wildman–Crippen LogP) is 1.13. The van der Waals surface area contributed by atoms with Crippen LogP contribution in [-0.4, -0.2) is 50.4 Å². The first-order valence-corrected chi connectivity index (χ1v) is 7.57. The molecule has 118 valence electrons. The third-order valence-electron chi connectivity index (χ3n) is 3.91. The zero-order chi connectivity index (χ0) is 15.9. The smallest absolute Gasteiger partial charge is 0.251 e. The van der Waals surface area contributed by atoms with Crippen LogP contribution in [0.3, 0.4) is 0 Å². The fourth-order valence-corrected chi connectivity index (χ4v) is 2.65. The molecule has 1 saturated heterocycles. The number of nitrogens with zero attached hydrogens (tertiary/aromatic N) is 1. The quantitative estimate of drug-likeness (QED) is 0.802. The summed E-state index contributed by atoms with van der Waals surface area (Å²) in [6.45, 7) is 2.60. The minimum atomic E-state index is -0.112. The minimum absolute atomic E-state index is 0.0500. The van der Waals surface area contributed by atoms with Gasteiger partial charge in [0.25, 0.3) is 5.91 Å². The van der Waals surface area contributed by atoms with E-state index in [9.17, 15) is 9.59 Å². The molecule has 1 aromatic carbocycles. The van der Waals surface area contributed by atoms with Crippen LogP contribution in [0.1, 0.15) is 22.3 Å². The molecule has 2 rings (SSSR count). The lowest BCUT2D eigenvalue weighted by Gasteiger charge is -2.14. The highest BCUT2D eigenvalue weighted by Crippen LogP contribution is 2.16. The Hall–Kier alpha value is -2.14. The van der Waals surface area contributed by atoms with Gasteiger partial charge in [-0.25, -0.2) is 0 Å². The molecule has 1 aliphatic heterocycles. The summed E-state index contributed by atoms with van der Waals surface area (Å²) in [5.41, 5.74) is 1.52. The van der Waals surface area contributed by atoms with Gasteiger partial charge < -0.3 is 15.5 Å². The SMILES string of the molecule is CNCC1CCN(C(=O)C=Cc2ccc(C(=O)NC)cc2)C1.